The van der Waals surface area contributed by atoms with Crippen molar-refractivity contribution in [3.05, 3.63) is 36.7 Å². The zero-order valence-corrected chi connectivity index (χ0v) is 15.6. The standard InChI is InChI=1S/C18H25N7O2/c1-13(2)15(16(26)22-17-19-12-20-23-17)21-18(27)25-10-8-24(9-11-25)14-6-4-3-5-7-14/h3-7,12-13,15H,8-11H2,1-2H3,(H,21,27)(H2,19,20,22,23,26)/t15-/m1/s1. The Kier molecular flexibility index (Phi) is 5.90. The highest BCUT2D eigenvalue weighted by Gasteiger charge is 2.28. The van der Waals surface area contributed by atoms with Crippen molar-refractivity contribution < 1.29 is 9.59 Å². The number of urea groups is 1. The SMILES string of the molecule is CC(C)[C@@H](NC(=O)N1CCN(c2ccccc2)CC1)C(=O)Nc1ncn[nH]1. The topological polar surface area (TPSA) is 106 Å². The van der Waals surface area contributed by atoms with E-state index in [9.17, 15) is 9.59 Å². The molecule has 9 heteroatoms. The number of piperazine rings is 1. The summed E-state index contributed by atoms with van der Waals surface area (Å²) in [4.78, 5) is 33.0. The number of H-pyrrole nitrogens is 1. The maximum atomic E-state index is 12.6. The molecule has 2 heterocycles. The van der Waals surface area contributed by atoms with Gasteiger partial charge < -0.3 is 15.1 Å². The van der Waals surface area contributed by atoms with Crippen LogP contribution in [0, 0.1) is 5.92 Å². The molecular weight excluding hydrogens is 346 g/mol. The first-order valence-corrected chi connectivity index (χ1v) is 9.06. The maximum Gasteiger partial charge on any atom is 0.318 e. The zero-order chi connectivity index (χ0) is 19.2. The van der Waals surface area contributed by atoms with Gasteiger partial charge in [-0.2, -0.15) is 10.1 Å². The summed E-state index contributed by atoms with van der Waals surface area (Å²) in [5, 5.41) is 11.8. The largest absolute Gasteiger partial charge is 0.368 e. The summed E-state index contributed by atoms with van der Waals surface area (Å²) in [6, 6.07) is 9.26. The highest BCUT2D eigenvalue weighted by atomic mass is 16.2. The van der Waals surface area contributed by atoms with Crippen molar-refractivity contribution in [3.8, 4) is 0 Å². The van der Waals surface area contributed by atoms with Crippen LogP contribution < -0.4 is 15.5 Å². The summed E-state index contributed by atoms with van der Waals surface area (Å²) in [6.07, 6.45) is 1.31. The Hall–Kier alpha value is -3.10. The molecule has 3 rings (SSSR count). The van der Waals surface area contributed by atoms with Crippen LogP contribution in [0.15, 0.2) is 36.7 Å². The molecule has 3 amide bonds. The van der Waals surface area contributed by atoms with Crippen LogP contribution in [0.2, 0.25) is 0 Å². The van der Waals surface area contributed by atoms with Gasteiger partial charge in [-0.05, 0) is 18.1 Å². The average Bonchev–Trinajstić information content (AvgIpc) is 3.19. The van der Waals surface area contributed by atoms with Gasteiger partial charge in [0.05, 0.1) is 0 Å². The molecule has 1 atom stereocenters. The van der Waals surface area contributed by atoms with Gasteiger partial charge in [-0.15, -0.1) is 0 Å². The Labute approximate surface area is 158 Å². The predicted octanol–water partition coefficient (Wildman–Crippen LogP) is 1.30. The third kappa shape index (κ3) is 4.75. The van der Waals surface area contributed by atoms with Gasteiger partial charge in [0.1, 0.15) is 12.4 Å². The van der Waals surface area contributed by atoms with Gasteiger partial charge in [-0.25, -0.2) is 9.89 Å². The van der Waals surface area contributed by atoms with Crippen LogP contribution in [0.3, 0.4) is 0 Å². The Morgan fingerprint density at radius 1 is 1.11 bits per heavy atom. The fourth-order valence-corrected chi connectivity index (χ4v) is 3.03. The Balaban J connectivity index is 1.54. The first kappa shape index (κ1) is 18.7. The number of rotatable bonds is 5. The highest BCUT2D eigenvalue weighted by Crippen LogP contribution is 2.16. The van der Waals surface area contributed by atoms with Gasteiger partial charge in [-0.3, -0.25) is 10.1 Å². The molecule has 144 valence electrons. The van der Waals surface area contributed by atoms with Crippen molar-refractivity contribution in [1.82, 2.24) is 25.4 Å². The molecule has 1 saturated heterocycles. The van der Waals surface area contributed by atoms with Crippen molar-refractivity contribution in [3.63, 3.8) is 0 Å². The smallest absolute Gasteiger partial charge is 0.318 e. The molecule has 1 aliphatic heterocycles. The molecule has 0 spiro atoms. The number of benzene rings is 1. The van der Waals surface area contributed by atoms with Gasteiger partial charge in [0, 0.05) is 31.9 Å². The van der Waals surface area contributed by atoms with E-state index in [-0.39, 0.29) is 23.8 Å². The van der Waals surface area contributed by atoms with Crippen LogP contribution in [0.25, 0.3) is 0 Å². The molecule has 0 aliphatic carbocycles. The first-order valence-electron chi connectivity index (χ1n) is 9.06. The van der Waals surface area contributed by atoms with Gasteiger partial charge in [0.25, 0.3) is 0 Å². The van der Waals surface area contributed by atoms with Crippen LogP contribution in [-0.4, -0.2) is 64.2 Å². The minimum absolute atomic E-state index is 0.0671. The van der Waals surface area contributed by atoms with E-state index in [1.54, 1.807) is 4.90 Å². The molecule has 1 aromatic heterocycles. The Morgan fingerprint density at radius 3 is 2.41 bits per heavy atom. The van der Waals surface area contributed by atoms with E-state index in [0.717, 1.165) is 18.8 Å². The molecule has 27 heavy (non-hydrogen) atoms. The molecular formula is C18H25N7O2. The molecule has 9 nitrogen and oxygen atoms in total. The minimum atomic E-state index is -0.658. The first-order chi connectivity index (χ1) is 13.0. The average molecular weight is 371 g/mol. The van der Waals surface area contributed by atoms with E-state index >= 15 is 0 Å². The second kappa shape index (κ2) is 8.52. The van der Waals surface area contributed by atoms with Crippen LogP contribution >= 0.6 is 0 Å². The summed E-state index contributed by atoms with van der Waals surface area (Å²) >= 11 is 0. The fourth-order valence-electron chi connectivity index (χ4n) is 3.03. The molecule has 0 radical (unpaired) electrons. The van der Waals surface area contributed by atoms with E-state index in [1.165, 1.54) is 6.33 Å². The van der Waals surface area contributed by atoms with Crippen molar-refractivity contribution in [1.29, 1.82) is 0 Å². The molecule has 2 aromatic rings. The zero-order valence-electron chi connectivity index (χ0n) is 15.6. The number of carbonyl (C=O) groups is 2. The lowest BCUT2D eigenvalue weighted by Gasteiger charge is -2.37. The molecule has 0 saturated carbocycles. The number of aromatic amines is 1. The lowest BCUT2D eigenvalue weighted by molar-refractivity contribution is -0.118. The monoisotopic (exact) mass is 371 g/mol. The number of aromatic nitrogens is 3. The number of hydrogen-bond donors (Lipinski definition) is 3. The van der Waals surface area contributed by atoms with E-state index in [4.69, 9.17) is 0 Å². The Morgan fingerprint density at radius 2 is 1.81 bits per heavy atom. The van der Waals surface area contributed by atoms with E-state index in [1.807, 2.05) is 32.0 Å². The van der Waals surface area contributed by atoms with Crippen molar-refractivity contribution in [2.24, 2.45) is 5.92 Å². The normalized spacial score (nSPS) is 15.5. The molecule has 1 fully saturated rings. The third-order valence-electron chi connectivity index (χ3n) is 4.57. The van der Waals surface area contributed by atoms with Gasteiger partial charge >= 0.3 is 6.03 Å². The quantitative estimate of drug-likeness (QED) is 0.735. The molecule has 3 N–H and O–H groups in total. The number of carbonyl (C=O) groups excluding carboxylic acids is 2. The number of anilines is 2. The second-order valence-corrected chi connectivity index (χ2v) is 6.80. The fraction of sp³-hybridized carbons (Fsp3) is 0.444. The van der Waals surface area contributed by atoms with Gasteiger partial charge in [0.2, 0.25) is 11.9 Å². The number of amides is 3. The van der Waals surface area contributed by atoms with Crippen LogP contribution in [0.5, 0.6) is 0 Å². The minimum Gasteiger partial charge on any atom is -0.368 e. The molecule has 1 aliphatic rings. The molecule has 0 unspecified atom stereocenters. The van der Waals surface area contributed by atoms with Crippen LogP contribution in [-0.2, 0) is 4.79 Å². The van der Waals surface area contributed by atoms with Crippen molar-refractivity contribution in [2.75, 3.05) is 36.4 Å². The number of nitrogens with one attached hydrogen (secondary N) is 3. The summed E-state index contributed by atoms with van der Waals surface area (Å²) in [5.41, 5.74) is 1.16. The van der Waals surface area contributed by atoms with Gasteiger partial charge in [0.15, 0.2) is 0 Å². The third-order valence-corrected chi connectivity index (χ3v) is 4.57. The lowest BCUT2D eigenvalue weighted by Crippen LogP contribution is -2.56. The van der Waals surface area contributed by atoms with Crippen molar-refractivity contribution >= 4 is 23.6 Å². The van der Waals surface area contributed by atoms with Crippen LogP contribution in [0.1, 0.15) is 13.8 Å². The summed E-state index contributed by atoms with van der Waals surface area (Å²) in [5.74, 6) is -0.128. The van der Waals surface area contributed by atoms with Crippen LogP contribution in [0.4, 0.5) is 16.4 Å². The summed E-state index contributed by atoms with van der Waals surface area (Å²) in [6.45, 7) is 6.50. The number of hydrogen-bond acceptors (Lipinski definition) is 5. The van der Waals surface area contributed by atoms with Crippen molar-refractivity contribution in [2.45, 2.75) is 19.9 Å². The van der Waals surface area contributed by atoms with E-state index in [2.05, 4.69) is 42.8 Å². The number of nitrogens with zero attached hydrogens (tertiary/aromatic N) is 4. The predicted molar refractivity (Wildman–Crippen MR) is 102 cm³/mol. The van der Waals surface area contributed by atoms with E-state index < -0.39 is 6.04 Å². The number of para-hydroxylation sites is 1. The second-order valence-electron chi connectivity index (χ2n) is 6.80. The van der Waals surface area contributed by atoms with Gasteiger partial charge in [-0.1, -0.05) is 32.0 Å². The molecule has 0 bridgehead atoms. The summed E-state index contributed by atoms with van der Waals surface area (Å²) in [7, 11) is 0. The Bertz CT molecular complexity index is 740. The maximum absolute atomic E-state index is 12.6. The molecule has 1 aromatic carbocycles. The lowest BCUT2D eigenvalue weighted by atomic mass is 10.0. The van der Waals surface area contributed by atoms with E-state index in [0.29, 0.717) is 13.1 Å². The summed E-state index contributed by atoms with van der Waals surface area (Å²) < 4.78 is 0. The highest BCUT2D eigenvalue weighted by molar-refractivity contribution is 5.96.